The van der Waals surface area contributed by atoms with Crippen molar-refractivity contribution in [3.63, 3.8) is 0 Å². The van der Waals surface area contributed by atoms with Crippen molar-refractivity contribution in [2.24, 2.45) is 5.73 Å². The largest absolute Gasteiger partial charge is 0.368 e. The van der Waals surface area contributed by atoms with E-state index in [2.05, 4.69) is 41.1 Å². The molecule has 1 aliphatic heterocycles. The van der Waals surface area contributed by atoms with Crippen LogP contribution in [-0.2, 0) is 0 Å². The summed E-state index contributed by atoms with van der Waals surface area (Å²) in [6, 6.07) is 5.39. The van der Waals surface area contributed by atoms with Gasteiger partial charge in [0.05, 0.1) is 21.2 Å². The summed E-state index contributed by atoms with van der Waals surface area (Å²) in [4.78, 5) is 26.5. The first-order chi connectivity index (χ1) is 12.6. The predicted octanol–water partition coefficient (Wildman–Crippen LogP) is 3.32. The Bertz CT molecular complexity index is 948. The highest BCUT2D eigenvalue weighted by atomic mass is 79.9. The van der Waals surface area contributed by atoms with Crippen LogP contribution in [0.15, 0.2) is 41.3 Å². The van der Waals surface area contributed by atoms with E-state index in [1.807, 2.05) is 0 Å². The van der Waals surface area contributed by atoms with E-state index in [1.54, 1.807) is 36.8 Å². The lowest BCUT2D eigenvalue weighted by Gasteiger charge is -2.33. The van der Waals surface area contributed by atoms with Crippen LogP contribution in [0, 0.1) is 0 Å². The molecule has 3 aromatic heterocycles. The van der Waals surface area contributed by atoms with Crippen LogP contribution in [0.5, 0.6) is 0 Å². The molecule has 0 saturated carbocycles. The lowest BCUT2D eigenvalue weighted by molar-refractivity contribution is 0.102. The summed E-state index contributed by atoms with van der Waals surface area (Å²) in [6.45, 7) is 1.70. The highest BCUT2D eigenvalue weighted by Crippen LogP contribution is 2.38. The fourth-order valence-corrected chi connectivity index (χ4v) is 3.91. The van der Waals surface area contributed by atoms with E-state index in [1.165, 1.54) is 0 Å². The molecule has 27 heavy (non-hydrogen) atoms. The number of hydrogen-bond donors (Lipinski definition) is 3. The van der Waals surface area contributed by atoms with Crippen molar-refractivity contribution in [2.45, 2.75) is 18.9 Å². The second-order valence-corrected chi connectivity index (χ2v) is 7.25. The molecule has 7 nitrogen and oxygen atoms in total. The number of hydrogen-bond acceptors (Lipinski definition) is 5. The van der Waals surface area contributed by atoms with Gasteiger partial charge in [-0.25, -0.2) is 4.98 Å². The van der Waals surface area contributed by atoms with Gasteiger partial charge in [0.2, 0.25) is 0 Å². The average Bonchev–Trinajstić information content (AvgIpc) is 3.05. The van der Waals surface area contributed by atoms with Crippen LogP contribution in [-0.4, -0.2) is 40.0 Å². The second kappa shape index (κ2) is 8.24. The van der Waals surface area contributed by atoms with Crippen LogP contribution in [0.1, 0.15) is 23.3 Å². The SMILES string of the molecule is Cl.N[C@@H]1CCCN(c2c(Br)cnc3[nH]cc(NC(=O)c4ccccn4)c23)C1. The van der Waals surface area contributed by atoms with Crippen molar-refractivity contribution >= 4 is 56.7 Å². The number of anilines is 2. The van der Waals surface area contributed by atoms with Crippen molar-refractivity contribution in [2.75, 3.05) is 23.3 Å². The van der Waals surface area contributed by atoms with Gasteiger partial charge in [0, 0.05) is 37.7 Å². The number of aromatic nitrogens is 3. The zero-order chi connectivity index (χ0) is 18.1. The molecule has 4 rings (SSSR count). The van der Waals surface area contributed by atoms with Crippen molar-refractivity contribution in [3.8, 4) is 0 Å². The Morgan fingerprint density at radius 1 is 1.37 bits per heavy atom. The number of amides is 1. The lowest BCUT2D eigenvalue weighted by atomic mass is 10.1. The topological polar surface area (TPSA) is 99.9 Å². The van der Waals surface area contributed by atoms with Gasteiger partial charge in [-0.05, 0) is 40.9 Å². The molecule has 1 saturated heterocycles. The molecule has 0 spiro atoms. The van der Waals surface area contributed by atoms with Crippen LogP contribution in [0.4, 0.5) is 11.4 Å². The Labute approximate surface area is 171 Å². The fourth-order valence-electron chi connectivity index (χ4n) is 3.36. The number of nitrogens with zero attached hydrogens (tertiary/aromatic N) is 3. The van der Waals surface area contributed by atoms with Crippen molar-refractivity contribution in [1.29, 1.82) is 0 Å². The van der Waals surface area contributed by atoms with Gasteiger partial charge in [0.1, 0.15) is 11.3 Å². The lowest BCUT2D eigenvalue weighted by Crippen LogP contribution is -2.43. The van der Waals surface area contributed by atoms with Crippen molar-refractivity contribution < 1.29 is 4.79 Å². The maximum absolute atomic E-state index is 12.5. The molecule has 9 heteroatoms. The number of nitrogens with two attached hydrogens (primary N) is 1. The highest BCUT2D eigenvalue weighted by molar-refractivity contribution is 9.10. The number of rotatable bonds is 3. The number of carbonyl (C=O) groups is 1. The number of carbonyl (C=O) groups excluding carboxylic acids is 1. The Kier molecular flexibility index (Phi) is 5.98. The van der Waals surface area contributed by atoms with Gasteiger partial charge >= 0.3 is 0 Å². The predicted molar refractivity (Wildman–Crippen MR) is 113 cm³/mol. The Morgan fingerprint density at radius 2 is 2.22 bits per heavy atom. The number of nitrogens with one attached hydrogen (secondary N) is 2. The fraction of sp³-hybridized carbons (Fsp3) is 0.278. The number of fused-ring (bicyclic) bond motifs is 1. The second-order valence-electron chi connectivity index (χ2n) is 6.40. The van der Waals surface area contributed by atoms with Crippen LogP contribution >= 0.6 is 28.3 Å². The Balaban J connectivity index is 0.00000210. The Hall–Kier alpha value is -2.16. The molecule has 0 bridgehead atoms. The zero-order valence-corrected chi connectivity index (χ0v) is 16.9. The summed E-state index contributed by atoms with van der Waals surface area (Å²) < 4.78 is 0.882. The van der Waals surface area contributed by atoms with Crippen LogP contribution in [0.2, 0.25) is 0 Å². The van der Waals surface area contributed by atoms with Gasteiger partial charge in [-0.15, -0.1) is 12.4 Å². The van der Waals surface area contributed by atoms with Gasteiger partial charge in [0.25, 0.3) is 5.91 Å². The molecule has 4 heterocycles. The molecular formula is C18H20BrClN6O. The minimum absolute atomic E-state index is 0. The molecule has 0 aliphatic carbocycles. The number of H-pyrrole nitrogens is 1. The van der Waals surface area contributed by atoms with Gasteiger partial charge in [0.15, 0.2) is 0 Å². The Morgan fingerprint density at radius 3 is 2.96 bits per heavy atom. The molecule has 142 valence electrons. The number of aromatic amines is 1. The maximum atomic E-state index is 12.5. The molecule has 0 unspecified atom stereocenters. The van der Waals surface area contributed by atoms with E-state index in [9.17, 15) is 4.79 Å². The minimum Gasteiger partial charge on any atom is -0.368 e. The molecule has 1 atom stereocenters. The monoisotopic (exact) mass is 450 g/mol. The minimum atomic E-state index is -0.257. The molecule has 0 aromatic carbocycles. The van der Waals surface area contributed by atoms with E-state index in [0.717, 1.165) is 47.1 Å². The number of piperidine rings is 1. The van der Waals surface area contributed by atoms with E-state index < -0.39 is 0 Å². The summed E-state index contributed by atoms with van der Waals surface area (Å²) in [5.74, 6) is -0.257. The average molecular weight is 452 g/mol. The van der Waals surface area contributed by atoms with Crippen LogP contribution < -0.4 is 16.0 Å². The standard InChI is InChI=1S/C18H19BrN6O.ClH/c19-12-8-22-17-15(16(12)25-7-3-4-11(20)10-25)14(9-23-17)24-18(26)13-5-1-2-6-21-13;/h1-2,5-6,8-9,11H,3-4,7,10,20H2,(H,22,23)(H,24,26);1H/t11-;/m1./s1. The number of halogens is 2. The van der Waals surface area contributed by atoms with E-state index in [0.29, 0.717) is 11.4 Å². The van der Waals surface area contributed by atoms with Crippen LogP contribution in [0.25, 0.3) is 11.0 Å². The van der Waals surface area contributed by atoms with Gasteiger partial charge in [-0.3, -0.25) is 9.78 Å². The summed E-state index contributed by atoms with van der Waals surface area (Å²) in [5.41, 5.74) is 8.94. The third-order valence-electron chi connectivity index (χ3n) is 4.55. The summed E-state index contributed by atoms with van der Waals surface area (Å²) >= 11 is 3.62. The molecule has 4 N–H and O–H groups in total. The molecule has 3 aromatic rings. The van der Waals surface area contributed by atoms with Gasteiger partial charge in [-0.2, -0.15) is 0 Å². The van der Waals surface area contributed by atoms with Crippen molar-refractivity contribution in [3.05, 3.63) is 47.0 Å². The first-order valence-corrected chi connectivity index (χ1v) is 9.31. The quantitative estimate of drug-likeness (QED) is 0.567. The maximum Gasteiger partial charge on any atom is 0.274 e. The normalized spacial score (nSPS) is 16.8. The summed E-state index contributed by atoms with van der Waals surface area (Å²) in [6.07, 6.45) is 7.20. The van der Waals surface area contributed by atoms with Gasteiger partial charge in [-0.1, -0.05) is 6.07 Å². The van der Waals surface area contributed by atoms with E-state index >= 15 is 0 Å². The van der Waals surface area contributed by atoms with E-state index in [4.69, 9.17) is 5.73 Å². The first-order valence-electron chi connectivity index (χ1n) is 8.52. The first kappa shape index (κ1) is 19.6. The molecule has 1 aliphatic rings. The van der Waals surface area contributed by atoms with Crippen LogP contribution in [0.3, 0.4) is 0 Å². The van der Waals surface area contributed by atoms with E-state index in [-0.39, 0.29) is 24.4 Å². The third kappa shape index (κ3) is 3.92. The molecule has 1 fully saturated rings. The summed E-state index contributed by atoms with van der Waals surface area (Å²) in [7, 11) is 0. The smallest absolute Gasteiger partial charge is 0.274 e. The summed E-state index contributed by atoms with van der Waals surface area (Å²) in [5, 5.41) is 3.82. The van der Waals surface area contributed by atoms with Crippen molar-refractivity contribution in [1.82, 2.24) is 15.0 Å². The molecule has 1 amide bonds. The zero-order valence-electron chi connectivity index (χ0n) is 14.5. The third-order valence-corrected chi connectivity index (χ3v) is 5.13. The molecule has 0 radical (unpaired) electrons. The molecular weight excluding hydrogens is 432 g/mol. The number of pyridine rings is 2. The van der Waals surface area contributed by atoms with Gasteiger partial charge < -0.3 is 20.9 Å². The highest BCUT2D eigenvalue weighted by Gasteiger charge is 2.24.